The van der Waals surface area contributed by atoms with Crippen molar-refractivity contribution in [1.29, 1.82) is 0 Å². The highest BCUT2D eigenvalue weighted by Crippen LogP contribution is 2.36. The Morgan fingerprint density at radius 1 is 0.943 bits per heavy atom. The maximum absolute atomic E-state index is 11.0. The van der Waals surface area contributed by atoms with Crippen LogP contribution >= 0.6 is 34.8 Å². The third-order valence-corrected chi connectivity index (χ3v) is 5.94. The minimum atomic E-state index is -0.933. The number of nitrogens with zero attached hydrogens (tertiary/aromatic N) is 1. The molecule has 1 heterocycles. The second-order valence-electron chi connectivity index (χ2n) is 7.57. The third-order valence-electron chi connectivity index (χ3n) is 5.09. The van der Waals surface area contributed by atoms with Crippen LogP contribution in [0.4, 0.5) is 0 Å². The molecule has 1 N–H and O–H groups in total. The van der Waals surface area contributed by atoms with Gasteiger partial charge in [0.2, 0.25) is 0 Å². The maximum Gasteiger partial charge on any atom is 0.307 e. The number of hydrogen-bond acceptors (Lipinski definition) is 5. The SMILES string of the molecule is O=C(O)Cc1ccc(-c2noc(-c3ccccc3)c2COCCOc2ccc(Cl)cc2Cl)c(Cl)c1. The fourth-order valence-electron chi connectivity index (χ4n) is 3.48. The molecule has 3 aromatic carbocycles. The number of halogens is 3. The summed E-state index contributed by atoms with van der Waals surface area (Å²) < 4.78 is 17.3. The Kier molecular flexibility index (Phi) is 8.31. The van der Waals surface area contributed by atoms with E-state index < -0.39 is 5.97 Å². The van der Waals surface area contributed by atoms with Crippen LogP contribution in [-0.2, 0) is 22.6 Å². The summed E-state index contributed by atoms with van der Waals surface area (Å²) in [6.07, 6.45) is -0.123. The predicted octanol–water partition coefficient (Wildman–Crippen LogP) is 7.19. The first kappa shape index (κ1) is 25.1. The van der Waals surface area contributed by atoms with E-state index >= 15 is 0 Å². The van der Waals surface area contributed by atoms with Crippen molar-refractivity contribution in [3.05, 3.63) is 92.9 Å². The van der Waals surface area contributed by atoms with Gasteiger partial charge < -0.3 is 19.1 Å². The Hall–Kier alpha value is -3.03. The molecule has 0 atom stereocenters. The Labute approximate surface area is 216 Å². The Balaban J connectivity index is 1.53. The van der Waals surface area contributed by atoms with Crippen molar-refractivity contribution >= 4 is 40.8 Å². The van der Waals surface area contributed by atoms with Crippen molar-refractivity contribution in [3.8, 4) is 28.3 Å². The summed E-state index contributed by atoms with van der Waals surface area (Å²) in [7, 11) is 0. The van der Waals surface area contributed by atoms with E-state index in [4.69, 9.17) is 53.9 Å². The van der Waals surface area contributed by atoms with Crippen molar-refractivity contribution in [3.63, 3.8) is 0 Å². The van der Waals surface area contributed by atoms with Crippen molar-refractivity contribution < 1.29 is 23.9 Å². The molecular weight excluding hydrogens is 513 g/mol. The molecule has 0 fully saturated rings. The monoisotopic (exact) mass is 531 g/mol. The van der Waals surface area contributed by atoms with Gasteiger partial charge in [0.15, 0.2) is 5.76 Å². The number of aliphatic carboxylic acids is 1. The highest BCUT2D eigenvalue weighted by molar-refractivity contribution is 6.35. The van der Waals surface area contributed by atoms with Gasteiger partial charge in [0, 0.05) is 16.1 Å². The lowest BCUT2D eigenvalue weighted by atomic mass is 10.0. The minimum absolute atomic E-state index is 0.123. The number of benzene rings is 3. The van der Waals surface area contributed by atoms with Gasteiger partial charge in [-0.2, -0.15) is 0 Å². The summed E-state index contributed by atoms with van der Waals surface area (Å²) in [5.74, 6) is 0.147. The van der Waals surface area contributed by atoms with E-state index in [1.54, 1.807) is 36.4 Å². The molecule has 0 amide bonds. The van der Waals surface area contributed by atoms with E-state index in [0.717, 1.165) is 5.56 Å². The molecule has 0 saturated heterocycles. The molecule has 0 saturated carbocycles. The lowest BCUT2D eigenvalue weighted by Gasteiger charge is -2.10. The highest BCUT2D eigenvalue weighted by Gasteiger charge is 2.21. The molecule has 0 aliphatic rings. The normalized spacial score (nSPS) is 10.9. The average Bonchev–Trinajstić information content (AvgIpc) is 3.24. The molecule has 0 bridgehead atoms. The van der Waals surface area contributed by atoms with E-state index in [9.17, 15) is 4.79 Å². The lowest BCUT2D eigenvalue weighted by Crippen LogP contribution is -2.07. The Morgan fingerprint density at radius 3 is 2.46 bits per heavy atom. The molecule has 0 aliphatic heterocycles. The van der Waals surface area contributed by atoms with Crippen LogP contribution in [0.15, 0.2) is 71.3 Å². The van der Waals surface area contributed by atoms with Crippen LogP contribution in [0.25, 0.3) is 22.6 Å². The first-order chi connectivity index (χ1) is 16.9. The molecule has 180 valence electrons. The fraction of sp³-hybridized carbons (Fsp3) is 0.154. The van der Waals surface area contributed by atoms with Crippen molar-refractivity contribution in [2.75, 3.05) is 13.2 Å². The second kappa shape index (κ2) is 11.6. The van der Waals surface area contributed by atoms with Gasteiger partial charge in [-0.1, -0.05) is 82.4 Å². The number of hydrogen-bond donors (Lipinski definition) is 1. The molecule has 9 heteroatoms. The predicted molar refractivity (Wildman–Crippen MR) is 135 cm³/mol. The summed E-state index contributed by atoms with van der Waals surface area (Å²) in [5, 5.41) is 14.6. The highest BCUT2D eigenvalue weighted by atomic mass is 35.5. The zero-order chi connectivity index (χ0) is 24.8. The van der Waals surface area contributed by atoms with Crippen molar-refractivity contribution in [2.45, 2.75) is 13.0 Å². The van der Waals surface area contributed by atoms with Crippen LogP contribution in [0.3, 0.4) is 0 Å². The molecule has 0 unspecified atom stereocenters. The number of aromatic nitrogens is 1. The molecule has 35 heavy (non-hydrogen) atoms. The summed E-state index contributed by atoms with van der Waals surface area (Å²) in [6, 6.07) is 19.6. The first-order valence-corrected chi connectivity index (χ1v) is 11.8. The van der Waals surface area contributed by atoms with E-state index in [1.165, 1.54) is 0 Å². The van der Waals surface area contributed by atoms with Gasteiger partial charge >= 0.3 is 5.97 Å². The summed E-state index contributed by atoms with van der Waals surface area (Å²) in [4.78, 5) is 11.0. The Bertz CT molecular complexity index is 1320. The standard InChI is InChI=1S/C26H20Cl3NO5/c27-18-7-9-23(22(29)14-18)34-11-10-33-15-20-25(30-35-26(20)17-4-2-1-3-5-17)19-8-6-16(12-21(19)28)13-24(31)32/h1-9,12,14H,10-11,13,15H2,(H,31,32). The van der Waals surface area contributed by atoms with Gasteiger partial charge in [0.1, 0.15) is 18.1 Å². The molecule has 4 aromatic rings. The summed E-state index contributed by atoms with van der Waals surface area (Å²) >= 11 is 18.5. The van der Waals surface area contributed by atoms with Gasteiger partial charge in [0.25, 0.3) is 0 Å². The third kappa shape index (κ3) is 6.35. The molecular formula is C26H20Cl3NO5. The summed E-state index contributed by atoms with van der Waals surface area (Å²) in [5.41, 5.74) is 3.29. The topological polar surface area (TPSA) is 81.8 Å². The van der Waals surface area contributed by atoms with Crippen LogP contribution in [0.5, 0.6) is 5.75 Å². The largest absolute Gasteiger partial charge is 0.490 e. The number of carboxylic acids is 1. The smallest absolute Gasteiger partial charge is 0.307 e. The maximum atomic E-state index is 11.0. The van der Waals surface area contributed by atoms with E-state index in [-0.39, 0.29) is 26.2 Å². The number of ether oxygens (including phenoxy) is 2. The lowest BCUT2D eigenvalue weighted by molar-refractivity contribution is -0.136. The van der Waals surface area contributed by atoms with Crippen molar-refractivity contribution in [1.82, 2.24) is 5.16 Å². The van der Waals surface area contributed by atoms with Gasteiger partial charge in [-0.05, 0) is 29.8 Å². The van der Waals surface area contributed by atoms with Gasteiger partial charge in [-0.15, -0.1) is 0 Å². The quantitative estimate of drug-likeness (QED) is 0.218. The van der Waals surface area contributed by atoms with Crippen LogP contribution in [-0.4, -0.2) is 29.4 Å². The van der Waals surface area contributed by atoms with Crippen molar-refractivity contribution in [2.24, 2.45) is 0 Å². The van der Waals surface area contributed by atoms with Gasteiger partial charge in [0.05, 0.1) is 35.2 Å². The minimum Gasteiger partial charge on any atom is -0.490 e. The molecule has 0 spiro atoms. The first-order valence-electron chi connectivity index (χ1n) is 10.6. The zero-order valence-electron chi connectivity index (χ0n) is 18.3. The molecule has 1 aromatic heterocycles. The summed E-state index contributed by atoms with van der Waals surface area (Å²) in [6.45, 7) is 0.740. The molecule has 4 rings (SSSR count). The van der Waals surface area contributed by atoms with Gasteiger partial charge in [-0.3, -0.25) is 4.79 Å². The van der Waals surface area contributed by atoms with E-state index in [0.29, 0.717) is 49.0 Å². The van der Waals surface area contributed by atoms with Gasteiger partial charge in [-0.25, -0.2) is 0 Å². The van der Waals surface area contributed by atoms with Crippen LogP contribution in [0.1, 0.15) is 11.1 Å². The average molecular weight is 533 g/mol. The Morgan fingerprint density at radius 2 is 1.74 bits per heavy atom. The van der Waals surface area contributed by atoms with Crippen LogP contribution in [0.2, 0.25) is 15.1 Å². The number of rotatable bonds is 10. The second-order valence-corrected chi connectivity index (χ2v) is 8.82. The van der Waals surface area contributed by atoms with Crippen LogP contribution in [0, 0.1) is 0 Å². The molecule has 6 nitrogen and oxygen atoms in total. The molecule has 0 aliphatic carbocycles. The van der Waals surface area contributed by atoms with Crippen LogP contribution < -0.4 is 4.74 Å². The van der Waals surface area contributed by atoms with E-state index in [2.05, 4.69) is 5.16 Å². The fourth-order valence-corrected chi connectivity index (χ4v) is 4.24. The van der Waals surface area contributed by atoms with E-state index in [1.807, 2.05) is 30.3 Å². The zero-order valence-corrected chi connectivity index (χ0v) is 20.6. The molecule has 0 radical (unpaired) electrons. The number of carbonyl (C=O) groups is 1. The number of carboxylic acid groups (broad SMARTS) is 1.